The number of carbonyl (C=O) groups is 1. The predicted octanol–water partition coefficient (Wildman–Crippen LogP) is 2.00. The van der Waals surface area contributed by atoms with E-state index in [0.717, 1.165) is 6.04 Å². The van der Waals surface area contributed by atoms with Crippen molar-refractivity contribution in [2.75, 3.05) is 19.7 Å². The summed E-state index contributed by atoms with van der Waals surface area (Å²) in [7, 11) is 0. The van der Waals surface area contributed by atoms with E-state index in [1.54, 1.807) is 4.90 Å². The van der Waals surface area contributed by atoms with Gasteiger partial charge in [-0.25, -0.2) is 4.79 Å². The molecule has 0 saturated carbocycles. The quantitative estimate of drug-likeness (QED) is 0.863. The van der Waals surface area contributed by atoms with Crippen molar-refractivity contribution >= 4 is 5.97 Å². The highest BCUT2D eigenvalue weighted by Crippen LogP contribution is 2.21. The molecule has 114 valence electrons. The molecule has 1 unspecified atom stereocenters. The second-order valence-corrected chi connectivity index (χ2v) is 6.63. The lowest BCUT2D eigenvalue weighted by atomic mass is 9.84. The molecular formula is C18H26NO2+. The monoisotopic (exact) mass is 288 g/mol. The first-order valence-electron chi connectivity index (χ1n) is 8.32. The molecule has 21 heavy (non-hydrogen) atoms. The maximum atomic E-state index is 12.1. The summed E-state index contributed by atoms with van der Waals surface area (Å²) >= 11 is 0. The first-order chi connectivity index (χ1) is 10.2. The van der Waals surface area contributed by atoms with E-state index in [-0.39, 0.29) is 5.97 Å². The zero-order valence-electron chi connectivity index (χ0n) is 12.9. The lowest BCUT2D eigenvalue weighted by molar-refractivity contribution is -0.940. The van der Waals surface area contributed by atoms with E-state index in [9.17, 15) is 4.79 Å². The molecule has 2 saturated heterocycles. The third-order valence-corrected chi connectivity index (χ3v) is 5.15. The van der Waals surface area contributed by atoms with Gasteiger partial charge >= 0.3 is 5.97 Å². The zero-order chi connectivity index (χ0) is 14.7. The summed E-state index contributed by atoms with van der Waals surface area (Å²) in [5, 5.41) is 0. The van der Waals surface area contributed by atoms with E-state index >= 15 is 0 Å². The summed E-state index contributed by atoms with van der Waals surface area (Å²) in [6, 6.07) is 8.36. The van der Waals surface area contributed by atoms with Crippen LogP contribution in [0, 0.1) is 12.8 Å². The van der Waals surface area contributed by atoms with E-state index < -0.39 is 0 Å². The lowest BCUT2D eigenvalue weighted by Gasteiger charge is -2.40. The van der Waals surface area contributed by atoms with Crippen molar-refractivity contribution in [1.82, 2.24) is 0 Å². The maximum absolute atomic E-state index is 12.1. The fourth-order valence-corrected chi connectivity index (χ4v) is 3.93. The van der Waals surface area contributed by atoms with Gasteiger partial charge < -0.3 is 9.64 Å². The Labute approximate surface area is 127 Å². The zero-order valence-corrected chi connectivity index (χ0v) is 12.9. The summed E-state index contributed by atoms with van der Waals surface area (Å²) in [5.41, 5.74) is 1.84. The van der Waals surface area contributed by atoms with Crippen molar-refractivity contribution in [2.45, 2.75) is 45.1 Å². The Kier molecular flexibility index (Phi) is 4.59. The van der Waals surface area contributed by atoms with Gasteiger partial charge in [0.2, 0.25) is 0 Å². The van der Waals surface area contributed by atoms with E-state index in [2.05, 4.69) is 0 Å². The molecular weight excluding hydrogens is 262 g/mol. The van der Waals surface area contributed by atoms with Crippen molar-refractivity contribution in [3.63, 3.8) is 0 Å². The highest BCUT2D eigenvalue weighted by atomic mass is 16.5. The van der Waals surface area contributed by atoms with Crippen LogP contribution in [0.3, 0.4) is 0 Å². The van der Waals surface area contributed by atoms with Crippen LogP contribution in [0.2, 0.25) is 0 Å². The van der Waals surface area contributed by atoms with Crippen LogP contribution in [0.5, 0.6) is 0 Å². The van der Waals surface area contributed by atoms with Crippen LogP contribution in [0.15, 0.2) is 24.3 Å². The van der Waals surface area contributed by atoms with Crippen LogP contribution in [0.25, 0.3) is 0 Å². The average molecular weight is 288 g/mol. The first kappa shape index (κ1) is 14.6. The number of benzene rings is 1. The minimum absolute atomic E-state index is 0.169. The van der Waals surface area contributed by atoms with Gasteiger partial charge in [-0.05, 0) is 51.2 Å². The number of hydrogen-bond acceptors (Lipinski definition) is 2. The topological polar surface area (TPSA) is 30.7 Å². The van der Waals surface area contributed by atoms with Crippen LogP contribution in [0.4, 0.5) is 0 Å². The van der Waals surface area contributed by atoms with Crippen LogP contribution >= 0.6 is 0 Å². The number of piperidine rings is 2. The smallest absolute Gasteiger partial charge is 0.338 e. The Bertz CT molecular complexity index is 480. The Balaban J connectivity index is 1.56. The molecule has 2 heterocycles. The molecule has 0 aliphatic carbocycles. The predicted molar refractivity (Wildman–Crippen MR) is 82.5 cm³/mol. The lowest BCUT2D eigenvalue weighted by Crippen LogP contribution is -3.18. The number of quaternary nitrogens is 1. The van der Waals surface area contributed by atoms with E-state index in [1.807, 2.05) is 31.2 Å². The molecule has 3 rings (SSSR count). The Morgan fingerprint density at radius 1 is 1.14 bits per heavy atom. The summed E-state index contributed by atoms with van der Waals surface area (Å²) in [4.78, 5) is 13.9. The van der Waals surface area contributed by atoms with Gasteiger partial charge in [-0.2, -0.15) is 0 Å². The number of fused-ring (bicyclic) bond motifs is 1. The molecule has 1 aromatic carbocycles. The Morgan fingerprint density at radius 2 is 1.90 bits per heavy atom. The standard InChI is InChI=1S/C18H25NO2/c1-14-7-9-15(10-8-14)18(20)21-13-16-5-4-12-19-11-3-2-6-17(16)19/h7-10,16-17H,2-6,11-13H2,1H3/p+1/t16-,17+/m0/s1. The normalized spacial score (nSPS) is 28.7. The molecule has 0 amide bonds. The first-order valence-corrected chi connectivity index (χ1v) is 8.32. The van der Waals surface area contributed by atoms with Crippen molar-refractivity contribution in [3.05, 3.63) is 35.4 Å². The van der Waals surface area contributed by atoms with Crippen LogP contribution in [-0.2, 0) is 4.74 Å². The summed E-state index contributed by atoms with van der Waals surface area (Å²) < 4.78 is 5.60. The molecule has 0 radical (unpaired) electrons. The van der Waals surface area contributed by atoms with Crippen molar-refractivity contribution < 1.29 is 14.4 Å². The van der Waals surface area contributed by atoms with E-state index in [4.69, 9.17) is 4.74 Å². The average Bonchev–Trinajstić information content (AvgIpc) is 2.53. The van der Waals surface area contributed by atoms with E-state index in [0.29, 0.717) is 18.1 Å². The van der Waals surface area contributed by atoms with Crippen LogP contribution < -0.4 is 4.90 Å². The fraction of sp³-hybridized carbons (Fsp3) is 0.611. The number of nitrogens with one attached hydrogen (secondary N) is 1. The van der Waals surface area contributed by atoms with Crippen LogP contribution in [-0.4, -0.2) is 31.7 Å². The third kappa shape index (κ3) is 3.46. The number of carbonyl (C=O) groups excluding carboxylic acids is 1. The summed E-state index contributed by atoms with van der Waals surface area (Å²) in [5.74, 6) is 0.390. The van der Waals surface area contributed by atoms with Gasteiger partial charge in [0.05, 0.1) is 24.7 Å². The third-order valence-electron chi connectivity index (χ3n) is 5.15. The molecule has 0 aromatic heterocycles. The van der Waals surface area contributed by atoms with Gasteiger partial charge in [0, 0.05) is 5.92 Å². The number of hydrogen-bond donors (Lipinski definition) is 1. The SMILES string of the molecule is Cc1ccc(C(=O)OC[C@@H]2CCC[NH+]3CCCC[C@H]23)cc1. The molecule has 2 fully saturated rings. The van der Waals surface area contributed by atoms with E-state index in [1.165, 1.54) is 50.8 Å². The number of esters is 1. The van der Waals surface area contributed by atoms with Gasteiger partial charge in [-0.15, -0.1) is 0 Å². The summed E-state index contributed by atoms with van der Waals surface area (Å²) in [6.45, 7) is 5.25. The van der Waals surface area contributed by atoms with Gasteiger partial charge in [0.25, 0.3) is 0 Å². The molecule has 1 N–H and O–H groups in total. The second kappa shape index (κ2) is 6.61. The molecule has 0 spiro atoms. The molecule has 3 atom stereocenters. The largest absolute Gasteiger partial charge is 0.462 e. The van der Waals surface area contributed by atoms with Crippen molar-refractivity contribution in [2.24, 2.45) is 5.92 Å². The molecule has 0 bridgehead atoms. The van der Waals surface area contributed by atoms with Crippen molar-refractivity contribution in [3.8, 4) is 0 Å². The van der Waals surface area contributed by atoms with Gasteiger partial charge in [-0.1, -0.05) is 17.7 Å². The fourth-order valence-electron chi connectivity index (χ4n) is 3.93. The number of aryl methyl sites for hydroxylation is 1. The highest BCUT2D eigenvalue weighted by molar-refractivity contribution is 5.89. The molecule has 2 aliphatic rings. The molecule has 1 aromatic rings. The summed E-state index contributed by atoms with van der Waals surface area (Å²) in [6.07, 6.45) is 6.51. The minimum atomic E-state index is -0.169. The number of ether oxygens (including phenoxy) is 1. The van der Waals surface area contributed by atoms with Crippen molar-refractivity contribution in [1.29, 1.82) is 0 Å². The molecule has 3 heteroatoms. The Hall–Kier alpha value is -1.35. The van der Waals surface area contributed by atoms with Gasteiger partial charge in [0.1, 0.15) is 6.61 Å². The molecule has 3 nitrogen and oxygen atoms in total. The van der Waals surface area contributed by atoms with Gasteiger partial charge in [-0.3, -0.25) is 0 Å². The second-order valence-electron chi connectivity index (χ2n) is 6.63. The minimum Gasteiger partial charge on any atom is -0.462 e. The van der Waals surface area contributed by atoms with Gasteiger partial charge in [0.15, 0.2) is 0 Å². The highest BCUT2D eigenvalue weighted by Gasteiger charge is 2.37. The number of rotatable bonds is 3. The van der Waals surface area contributed by atoms with Crippen LogP contribution in [0.1, 0.15) is 48.0 Å². The Morgan fingerprint density at radius 3 is 2.71 bits per heavy atom. The molecule has 2 aliphatic heterocycles. The maximum Gasteiger partial charge on any atom is 0.338 e.